The van der Waals surface area contributed by atoms with Crippen molar-refractivity contribution < 1.29 is 31.4 Å². The molecule has 0 bridgehead atoms. The minimum absolute atomic E-state index is 0.0317. The van der Waals surface area contributed by atoms with Crippen LogP contribution in [-0.2, 0) is 19.4 Å². The van der Waals surface area contributed by atoms with Crippen LogP contribution in [0.1, 0.15) is 37.2 Å². The number of hydrogen-bond acceptors (Lipinski definition) is 6. The summed E-state index contributed by atoms with van der Waals surface area (Å²) in [4.78, 5) is 11.4. The molecular weight excluding hydrogens is 350 g/mol. The number of ether oxygens (including phenoxy) is 2. The van der Waals surface area contributed by atoms with Crippen LogP contribution in [0.2, 0.25) is 0 Å². The third kappa shape index (κ3) is 4.62. The average molecular weight is 371 g/mol. The van der Waals surface area contributed by atoms with Gasteiger partial charge in [0.25, 0.3) is 0 Å². The van der Waals surface area contributed by atoms with Crippen LogP contribution < -0.4 is 14.8 Å². The Morgan fingerprint density at radius 2 is 1.96 bits per heavy atom. The second kappa shape index (κ2) is 7.19. The maximum Gasteiger partial charge on any atom is 0.397 e. The summed E-state index contributed by atoms with van der Waals surface area (Å²) in [6.45, 7) is 0.596. The fourth-order valence-corrected chi connectivity index (χ4v) is 3.85. The fraction of sp³-hybridized carbons (Fsp3) is 0.562. The zero-order valence-electron chi connectivity index (χ0n) is 13.8. The van der Waals surface area contributed by atoms with Gasteiger partial charge in [-0.05, 0) is 30.5 Å². The summed E-state index contributed by atoms with van der Waals surface area (Å²) >= 11 is 0. The third-order valence-electron chi connectivity index (χ3n) is 4.52. The van der Waals surface area contributed by atoms with Gasteiger partial charge in [0, 0.05) is 25.3 Å². The minimum atomic E-state index is -4.46. The lowest BCUT2D eigenvalue weighted by molar-refractivity contribution is -0.119. The number of amides is 1. The Morgan fingerprint density at radius 1 is 1.20 bits per heavy atom. The van der Waals surface area contributed by atoms with Gasteiger partial charge < -0.3 is 14.8 Å². The summed E-state index contributed by atoms with van der Waals surface area (Å²) in [5, 5.41) is 2.81. The van der Waals surface area contributed by atoms with Gasteiger partial charge in [-0.3, -0.25) is 9.35 Å². The van der Waals surface area contributed by atoms with E-state index in [-0.39, 0.29) is 17.9 Å². The lowest BCUT2D eigenvalue weighted by Crippen LogP contribution is -2.18. The van der Waals surface area contributed by atoms with Crippen molar-refractivity contribution in [2.24, 2.45) is 0 Å². The van der Waals surface area contributed by atoms with E-state index in [2.05, 4.69) is 9.50 Å². The molecule has 1 aliphatic heterocycles. The van der Waals surface area contributed by atoms with Crippen LogP contribution in [0.15, 0.2) is 18.2 Å². The Morgan fingerprint density at radius 3 is 2.60 bits per heavy atom. The lowest BCUT2D eigenvalue weighted by Gasteiger charge is -2.18. The molecule has 9 heteroatoms. The van der Waals surface area contributed by atoms with Gasteiger partial charge in [0.15, 0.2) is 11.5 Å². The number of carbonyl (C=O) groups excluding carboxylic acids is 1. The summed E-state index contributed by atoms with van der Waals surface area (Å²) in [6.07, 6.45) is 1.06. The molecule has 0 radical (unpaired) electrons. The number of nitrogens with one attached hydrogen (secondary N) is 1. The van der Waals surface area contributed by atoms with Crippen LogP contribution in [0.3, 0.4) is 0 Å². The molecule has 25 heavy (non-hydrogen) atoms. The lowest BCUT2D eigenvalue weighted by atomic mass is 9.98. The van der Waals surface area contributed by atoms with Crippen LogP contribution in [0, 0.1) is 0 Å². The van der Waals surface area contributed by atoms with Crippen LogP contribution in [-0.4, -0.2) is 44.7 Å². The van der Waals surface area contributed by atoms with E-state index in [0.717, 1.165) is 5.56 Å². The molecule has 1 saturated carbocycles. The summed E-state index contributed by atoms with van der Waals surface area (Å²) in [5.74, 6) is 1.25. The van der Waals surface area contributed by atoms with Crippen molar-refractivity contribution in [2.45, 2.75) is 43.8 Å². The first-order valence-corrected chi connectivity index (χ1v) is 9.47. The monoisotopic (exact) mass is 371 g/mol. The van der Waals surface area contributed by atoms with E-state index in [1.54, 1.807) is 13.2 Å². The maximum atomic E-state index is 11.4. The van der Waals surface area contributed by atoms with Gasteiger partial charge in [-0.25, -0.2) is 4.18 Å². The van der Waals surface area contributed by atoms with E-state index >= 15 is 0 Å². The molecule has 0 spiro atoms. The van der Waals surface area contributed by atoms with E-state index in [1.807, 2.05) is 12.1 Å². The van der Waals surface area contributed by atoms with Gasteiger partial charge in [0.1, 0.15) is 6.10 Å². The Bertz CT molecular complexity index is 749. The van der Waals surface area contributed by atoms with E-state index < -0.39 is 16.5 Å². The molecule has 2 aliphatic rings. The topological polar surface area (TPSA) is 111 Å². The quantitative estimate of drug-likeness (QED) is 0.728. The molecule has 2 unspecified atom stereocenters. The Balaban J connectivity index is 1.70. The van der Waals surface area contributed by atoms with Crippen molar-refractivity contribution in [1.82, 2.24) is 5.32 Å². The predicted molar refractivity (Wildman–Crippen MR) is 88.1 cm³/mol. The molecule has 2 fully saturated rings. The van der Waals surface area contributed by atoms with Crippen LogP contribution in [0.25, 0.3) is 0 Å². The Hall–Kier alpha value is -1.84. The van der Waals surface area contributed by atoms with Gasteiger partial charge in [0.05, 0.1) is 13.2 Å². The van der Waals surface area contributed by atoms with Crippen LogP contribution >= 0.6 is 0 Å². The zero-order valence-corrected chi connectivity index (χ0v) is 14.6. The summed E-state index contributed by atoms with van der Waals surface area (Å²) in [6, 6.07) is 5.57. The molecule has 1 heterocycles. The second-order valence-corrected chi connectivity index (χ2v) is 7.36. The first-order chi connectivity index (χ1) is 11.8. The van der Waals surface area contributed by atoms with Crippen molar-refractivity contribution in [3.8, 4) is 11.5 Å². The molecular formula is C16H21NO7S. The molecule has 3 rings (SSSR count). The molecule has 2 N–H and O–H groups in total. The predicted octanol–water partition coefficient (Wildman–Crippen LogP) is 1.42. The Labute approximate surface area is 146 Å². The van der Waals surface area contributed by atoms with Crippen LogP contribution in [0.5, 0.6) is 11.5 Å². The first-order valence-electron chi connectivity index (χ1n) is 8.11. The number of carbonyl (C=O) groups is 1. The molecule has 8 nitrogen and oxygen atoms in total. The van der Waals surface area contributed by atoms with Gasteiger partial charge in [-0.2, -0.15) is 8.42 Å². The SMILES string of the molecule is COc1ccc([C@H]2CNC(=O)C2)cc1OC1CCC(OS(=O)(=O)O)C1. The molecule has 1 aromatic carbocycles. The number of benzene rings is 1. The summed E-state index contributed by atoms with van der Waals surface area (Å²) < 4.78 is 46.3. The van der Waals surface area contributed by atoms with E-state index in [1.165, 1.54) is 0 Å². The number of hydrogen-bond donors (Lipinski definition) is 2. The maximum absolute atomic E-state index is 11.4. The van der Waals surface area contributed by atoms with Crippen molar-refractivity contribution in [1.29, 1.82) is 0 Å². The molecule has 1 saturated heterocycles. The summed E-state index contributed by atoms with van der Waals surface area (Å²) in [5.41, 5.74) is 0.984. The highest BCUT2D eigenvalue weighted by molar-refractivity contribution is 7.80. The van der Waals surface area contributed by atoms with Crippen molar-refractivity contribution >= 4 is 16.3 Å². The summed E-state index contributed by atoms with van der Waals surface area (Å²) in [7, 11) is -2.92. The van der Waals surface area contributed by atoms with E-state index in [9.17, 15) is 13.2 Å². The highest BCUT2D eigenvalue weighted by atomic mass is 32.3. The van der Waals surface area contributed by atoms with Crippen molar-refractivity contribution in [3.63, 3.8) is 0 Å². The largest absolute Gasteiger partial charge is 0.493 e. The van der Waals surface area contributed by atoms with Crippen molar-refractivity contribution in [2.75, 3.05) is 13.7 Å². The third-order valence-corrected chi connectivity index (χ3v) is 5.04. The first kappa shape index (κ1) is 18.0. The Kier molecular flexibility index (Phi) is 5.16. The second-order valence-electron chi connectivity index (χ2n) is 6.31. The normalized spacial score (nSPS) is 26.5. The molecule has 3 atom stereocenters. The highest BCUT2D eigenvalue weighted by Crippen LogP contribution is 2.36. The van der Waals surface area contributed by atoms with Crippen molar-refractivity contribution in [3.05, 3.63) is 23.8 Å². The molecule has 138 valence electrons. The average Bonchev–Trinajstić information content (AvgIpc) is 3.15. The van der Waals surface area contributed by atoms with Gasteiger partial charge in [0.2, 0.25) is 5.91 Å². The van der Waals surface area contributed by atoms with Gasteiger partial charge in [-0.15, -0.1) is 0 Å². The molecule has 0 aromatic heterocycles. The molecule has 1 amide bonds. The smallest absolute Gasteiger partial charge is 0.397 e. The molecule has 1 aliphatic carbocycles. The van der Waals surface area contributed by atoms with E-state index in [4.69, 9.17) is 14.0 Å². The highest BCUT2D eigenvalue weighted by Gasteiger charge is 2.31. The van der Waals surface area contributed by atoms with Gasteiger partial charge in [-0.1, -0.05) is 6.07 Å². The molecule has 1 aromatic rings. The fourth-order valence-electron chi connectivity index (χ4n) is 3.33. The zero-order chi connectivity index (χ0) is 18.0. The number of methoxy groups -OCH3 is 1. The van der Waals surface area contributed by atoms with E-state index in [0.29, 0.717) is 43.7 Å². The van der Waals surface area contributed by atoms with Crippen LogP contribution in [0.4, 0.5) is 0 Å². The van der Waals surface area contributed by atoms with Gasteiger partial charge >= 0.3 is 10.4 Å². The number of rotatable bonds is 6. The minimum Gasteiger partial charge on any atom is -0.493 e. The standard InChI is InChI=1S/C16H21NO7S/c1-22-14-5-2-10(11-7-16(18)17-9-11)6-15(14)23-12-3-4-13(8-12)24-25(19,20)21/h2,5-6,11-13H,3-4,7-9H2,1H3,(H,17,18)(H,19,20,21)/t11-,12?,13?/m1/s1.